The molecule has 2 amide bonds. The summed E-state index contributed by atoms with van der Waals surface area (Å²) in [6.45, 7) is 4.90. The summed E-state index contributed by atoms with van der Waals surface area (Å²) in [4.78, 5) is 29.6. The third-order valence-electron chi connectivity index (χ3n) is 7.07. The number of hydrogen-bond acceptors (Lipinski definition) is 4. The molecule has 4 rings (SSSR count). The number of aryl methyl sites for hydroxylation is 1. The second-order valence-electron chi connectivity index (χ2n) is 10.7. The fraction of sp³-hybridized carbons (Fsp3) is 0.235. The highest BCUT2D eigenvalue weighted by Crippen LogP contribution is 2.29. The summed E-state index contributed by atoms with van der Waals surface area (Å²) >= 11 is 12.6. The highest BCUT2D eigenvalue weighted by Gasteiger charge is 2.35. The summed E-state index contributed by atoms with van der Waals surface area (Å²) in [6, 6.07) is 28.0. The van der Waals surface area contributed by atoms with E-state index < -0.39 is 28.5 Å². The van der Waals surface area contributed by atoms with Crippen molar-refractivity contribution >= 4 is 50.7 Å². The Kier molecular flexibility index (Phi) is 11.1. The Hall–Kier alpha value is -3.85. The first-order valence-electron chi connectivity index (χ1n) is 14.2. The van der Waals surface area contributed by atoms with Gasteiger partial charge in [-0.1, -0.05) is 89.9 Å². The lowest BCUT2D eigenvalue weighted by atomic mass is 10.0. The zero-order valence-corrected chi connectivity index (χ0v) is 27.1. The maximum atomic E-state index is 14.5. The first-order valence-corrected chi connectivity index (χ1v) is 16.4. The summed E-state index contributed by atoms with van der Waals surface area (Å²) in [6.07, 6.45) is 0.212. The van der Waals surface area contributed by atoms with Crippen molar-refractivity contribution in [3.05, 3.63) is 130 Å². The number of para-hydroxylation sites is 1. The summed E-state index contributed by atoms with van der Waals surface area (Å²) in [7, 11) is -4.23. The number of hydrogen-bond donors (Lipinski definition) is 1. The van der Waals surface area contributed by atoms with E-state index in [0.717, 1.165) is 9.87 Å². The Labute approximate surface area is 269 Å². The van der Waals surface area contributed by atoms with Crippen LogP contribution in [-0.4, -0.2) is 43.8 Å². The number of carbonyl (C=O) groups is 2. The fourth-order valence-corrected chi connectivity index (χ4v) is 6.64. The molecule has 0 aromatic heterocycles. The molecule has 0 fully saturated rings. The Morgan fingerprint density at radius 2 is 1.43 bits per heavy atom. The summed E-state index contributed by atoms with van der Waals surface area (Å²) in [5.74, 6) is -0.919. The van der Waals surface area contributed by atoms with Crippen molar-refractivity contribution in [1.29, 1.82) is 0 Å². The molecule has 0 saturated heterocycles. The predicted molar refractivity (Wildman–Crippen MR) is 176 cm³/mol. The molecule has 10 heteroatoms. The topological polar surface area (TPSA) is 86.8 Å². The van der Waals surface area contributed by atoms with Crippen molar-refractivity contribution in [2.24, 2.45) is 0 Å². The second-order valence-corrected chi connectivity index (χ2v) is 13.4. The first-order chi connectivity index (χ1) is 21.0. The number of halogens is 2. The van der Waals surface area contributed by atoms with Crippen molar-refractivity contribution in [3.63, 3.8) is 0 Å². The number of sulfonamides is 1. The van der Waals surface area contributed by atoms with Crippen LogP contribution in [0.3, 0.4) is 0 Å². The molecule has 0 aliphatic rings. The maximum Gasteiger partial charge on any atom is 0.264 e. The number of benzene rings is 4. The van der Waals surface area contributed by atoms with E-state index in [1.54, 1.807) is 55.5 Å². The molecule has 0 unspecified atom stereocenters. The van der Waals surface area contributed by atoms with Crippen LogP contribution in [-0.2, 0) is 32.6 Å². The third-order valence-corrected chi connectivity index (χ3v) is 9.46. The average molecular weight is 653 g/mol. The molecule has 0 bridgehead atoms. The van der Waals surface area contributed by atoms with E-state index in [-0.39, 0.29) is 29.8 Å². The van der Waals surface area contributed by atoms with Gasteiger partial charge in [0.15, 0.2) is 0 Å². The molecule has 4 aromatic rings. The highest BCUT2D eigenvalue weighted by atomic mass is 35.5. The summed E-state index contributed by atoms with van der Waals surface area (Å²) < 4.78 is 29.3. The number of nitrogens with zero attached hydrogens (tertiary/aromatic N) is 2. The van der Waals surface area contributed by atoms with E-state index in [9.17, 15) is 18.0 Å². The average Bonchev–Trinajstić information content (AvgIpc) is 2.99. The molecule has 0 radical (unpaired) electrons. The third kappa shape index (κ3) is 8.20. The van der Waals surface area contributed by atoms with Crippen LogP contribution in [0, 0.1) is 6.92 Å². The van der Waals surface area contributed by atoms with Crippen molar-refractivity contribution in [2.45, 2.75) is 50.7 Å². The Balaban J connectivity index is 1.82. The lowest BCUT2D eigenvalue weighted by molar-refractivity contribution is -0.140. The van der Waals surface area contributed by atoms with Crippen LogP contribution in [0.5, 0.6) is 0 Å². The number of nitrogens with one attached hydrogen (secondary N) is 1. The lowest BCUT2D eigenvalue weighted by Gasteiger charge is -2.34. The Morgan fingerprint density at radius 1 is 0.818 bits per heavy atom. The smallest absolute Gasteiger partial charge is 0.264 e. The van der Waals surface area contributed by atoms with Gasteiger partial charge in [-0.15, -0.1) is 0 Å². The molecule has 7 nitrogen and oxygen atoms in total. The van der Waals surface area contributed by atoms with Gasteiger partial charge in [0.1, 0.15) is 12.6 Å². The van der Waals surface area contributed by atoms with E-state index in [0.29, 0.717) is 26.9 Å². The Morgan fingerprint density at radius 3 is 2.07 bits per heavy atom. The number of carbonyl (C=O) groups excluding carboxylic acids is 2. The van der Waals surface area contributed by atoms with Gasteiger partial charge in [0.05, 0.1) is 10.6 Å². The largest absolute Gasteiger partial charge is 0.352 e. The van der Waals surface area contributed by atoms with E-state index in [1.807, 2.05) is 44.2 Å². The zero-order chi connectivity index (χ0) is 31.9. The molecule has 1 N–H and O–H groups in total. The van der Waals surface area contributed by atoms with E-state index in [1.165, 1.54) is 29.2 Å². The van der Waals surface area contributed by atoms with Crippen molar-refractivity contribution in [1.82, 2.24) is 10.2 Å². The van der Waals surface area contributed by atoms with E-state index >= 15 is 0 Å². The van der Waals surface area contributed by atoms with Crippen molar-refractivity contribution in [2.75, 3.05) is 10.8 Å². The molecule has 0 spiro atoms. The summed E-state index contributed by atoms with van der Waals surface area (Å²) in [5.41, 5.74) is 2.48. The van der Waals surface area contributed by atoms with Gasteiger partial charge in [-0.25, -0.2) is 8.42 Å². The van der Waals surface area contributed by atoms with Crippen LogP contribution in [0.25, 0.3) is 0 Å². The number of rotatable bonds is 12. The fourth-order valence-electron chi connectivity index (χ4n) is 4.84. The first kappa shape index (κ1) is 33.1. The maximum absolute atomic E-state index is 14.5. The van der Waals surface area contributed by atoms with Gasteiger partial charge in [-0.05, 0) is 73.9 Å². The van der Waals surface area contributed by atoms with Gasteiger partial charge in [0.25, 0.3) is 10.0 Å². The lowest BCUT2D eigenvalue weighted by Crippen LogP contribution is -2.54. The van der Waals surface area contributed by atoms with Crippen LogP contribution in [0.1, 0.15) is 30.5 Å². The van der Waals surface area contributed by atoms with Gasteiger partial charge in [-0.2, -0.15) is 0 Å². The minimum absolute atomic E-state index is 0.00980. The Bertz CT molecular complexity index is 1700. The second kappa shape index (κ2) is 14.8. The molecule has 1 atom stereocenters. The highest BCUT2D eigenvalue weighted by molar-refractivity contribution is 7.92. The molecule has 230 valence electrons. The molecule has 0 aliphatic carbocycles. The molecule has 0 saturated carbocycles. The molecular formula is C34H35Cl2N3O4S. The number of anilines is 1. The quantitative estimate of drug-likeness (QED) is 0.186. The minimum atomic E-state index is -4.23. The van der Waals surface area contributed by atoms with Gasteiger partial charge in [0.2, 0.25) is 11.8 Å². The summed E-state index contributed by atoms with van der Waals surface area (Å²) in [5, 5.41) is 3.76. The van der Waals surface area contributed by atoms with E-state index in [4.69, 9.17) is 23.2 Å². The van der Waals surface area contributed by atoms with Crippen LogP contribution in [0.4, 0.5) is 5.69 Å². The standard InChI is InChI=1S/C34H35Cl2N3O4S/c1-24(2)37-34(41)32(21-26-12-5-4-6-13-26)38(22-27-14-8-9-15-30(27)36)33(40)23-39(31-16-10-7-11-25(31)3)44(42,43)29-19-17-28(35)18-20-29/h4-20,24,32H,21-23H2,1-3H3,(H,37,41)/t32-/m0/s1. The monoisotopic (exact) mass is 651 g/mol. The van der Waals surface area contributed by atoms with Crippen LogP contribution >= 0.6 is 23.2 Å². The van der Waals surface area contributed by atoms with E-state index in [2.05, 4.69) is 5.32 Å². The van der Waals surface area contributed by atoms with Crippen LogP contribution in [0.15, 0.2) is 108 Å². The zero-order valence-electron chi connectivity index (χ0n) is 24.8. The molecule has 0 aliphatic heterocycles. The number of amides is 2. The van der Waals surface area contributed by atoms with Crippen molar-refractivity contribution < 1.29 is 18.0 Å². The SMILES string of the molecule is Cc1ccccc1N(CC(=O)N(Cc1ccccc1Cl)[C@@H](Cc1ccccc1)C(=O)NC(C)C)S(=O)(=O)c1ccc(Cl)cc1. The molecule has 0 heterocycles. The van der Waals surface area contributed by atoms with Crippen LogP contribution < -0.4 is 9.62 Å². The normalized spacial score (nSPS) is 12.0. The van der Waals surface area contributed by atoms with Gasteiger partial charge >= 0.3 is 0 Å². The van der Waals surface area contributed by atoms with Gasteiger partial charge in [0, 0.05) is 29.1 Å². The van der Waals surface area contributed by atoms with Gasteiger partial charge < -0.3 is 10.2 Å². The molecular weight excluding hydrogens is 617 g/mol. The van der Waals surface area contributed by atoms with Crippen LogP contribution in [0.2, 0.25) is 10.0 Å². The van der Waals surface area contributed by atoms with Crippen molar-refractivity contribution in [3.8, 4) is 0 Å². The molecule has 4 aromatic carbocycles. The predicted octanol–water partition coefficient (Wildman–Crippen LogP) is 6.66. The minimum Gasteiger partial charge on any atom is -0.352 e. The van der Waals surface area contributed by atoms with Gasteiger partial charge in [-0.3, -0.25) is 13.9 Å². The molecule has 44 heavy (non-hydrogen) atoms.